The number of imidazole rings is 1. The second-order valence-corrected chi connectivity index (χ2v) is 11.4. The van der Waals surface area contributed by atoms with Gasteiger partial charge in [0.25, 0.3) is 6.43 Å². The molecule has 0 bridgehead atoms. The zero-order valence-electron chi connectivity index (χ0n) is 26.7. The fourth-order valence-corrected chi connectivity index (χ4v) is 5.79. The number of carbonyl (C=O) groups excluding carboxylic acids is 1. The lowest BCUT2D eigenvalue weighted by Gasteiger charge is -2.44. The second-order valence-electron chi connectivity index (χ2n) is 11.4. The van der Waals surface area contributed by atoms with E-state index in [1.165, 1.54) is 30.9 Å². The molecule has 1 amide bonds. The van der Waals surface area contributed by atoms with Gasteiger partial charge in [0, 0.05) is 37.8 Å². The van der Waals surface area contributed by atoms with Gasteiger partial charge in [0.15, 0.2) is 35.3 Å². The minimum absolute atomic E-state index is 0.0838. The highest BCUT2D eigenvalue weighted by molar-refractivity contribution is 5.83. The van der Waals surface area contributed by atoms with E-state index in [9.17, 15) is 23.1 Å². The van der Waals surface area contributed by atoms with E-state index in [1.54, 1.807) is 15.5 Å². The number of benzene rings is 1. The van der Waals surface area contributed by atoms with Crippen LogP contribution in [0.3, 0.4) is 0 Å². The number of hydrogen-bond acceptors (Lipinski definition) is 11. The number of halogens is 4. The van der Waals surface area contributed by atoms with Crippen molar-refractivity contribution < 1.29 is 36.9 Å². The highest BCUT2D eigenvalue weighted by atomic mass is 19.3. The average Bonchev–Trinajstić information content (AvgIpc) is 3.49. The van der Waals surface area contributed by atoms with Crippen molar-refractivity contribution in [2.45, 2.75) is 51.3 Å². The molecule has 4 N–H and O–H groups in total. The molecule has 0 unspecified atom stereocenters. The van der Waals surface area contributed by atoms with Crippen LogP contribution in [-0.4, -0.2) is 98.7 Å². The maximum Gasteiger partial charge on any atom is 0.411 e. The van der Waals surface area contributed by atoms with E-state index in [-0.39, 0.29) is 43.2 Å². The lowest BCUT2D eigenvalue weighted by Crippen LogP contribution is -2.63. The first-order valence-corrected chi connectivity index (χ1v) is 15.3. The fourth-order valence-electron chi connectivity index (χ4n) is 5.79. The maximum atomic E-state index is 15.1. The predicted molar refractivity (Wildman–Crippen MR) is 169 cm³/mol. The number of aromatic nitrogens is 5. The number of nitrogens with zero attached hydrogens (tertiary/aromatic N) is 7. The van der Waals surface area contributed by atoms with Gasteiger partial charge >= 0.3 is 6.09 Å². The van der Waals surface area contributed by atoms with Crippen molar-refractivity contribution in [3.05, 3.63) is 54.2 Å². The highest BCUT2D eigenvalue weighted by Gasteiger charge is 2.43. The zero-order chi connectivity index (χ0) is 34.6. The van der Waals surface area contributed by atoms with Crippen LogP contribution in [0.5, 0.6) is 5.75 Å². The molecule has 5 rings (SSSR count). The van der Waals surface area contributed by atoms with E-state index in [1.807, 2.05) is 13.8 Å². The van der Waals surface area contributed by atoms with Gasteiger partial charge in [-0.25, -0.2) is 37.3 Å². The first-order chi connectivity index (χ1) is 23.0. The lowest BCUT2D eigenvalue weighted by atomic mass is 9.84. The molecule has 1 aliphatic rings. The number of fused-ring (bicyclic) bond motifs is 1. The summed E-state index contributed by atoms with van der Waals surface area (Å²) in [6.07, 6.45) is -0.737. The van der Waals surface area contributed by atoms with Crippen LogP contribution in [0.25, 0.3) is 22.4 Å². The summed E-state index contributed by atoms with van der Waals surface area (Å²) < 4.78 is 68.8. The Hall–Kier alpha value is -4.77. The van der Waals surface area contributed by atoms with Crippen LogP contribution in [0.4, 0.5) is 33.9 Å². The molecular formula is C31H37F4N9O4. The van der Waals surface area contributed by atoms with Crippen molar-refractivity contribution >= 4 is 28.8 Å². The monoisotopic (exact) mass is 675 g/mol. The minimum atomic E-state index is -3.04. The second kappa shape index (κ2) is 14.6. The van der Waals surface area contributed by atoms with Crippen LogP contribution in [0, 0.1) is 11.6 Å². The number of pyridine rings is 1. The Morgan fingerprint density at radius 1 is 1.15 bits per heavy atom. The van der Waals surface area contributed by atoms with Gasteiger partial charge in [-0.1, -0.05) is 0 Å². The third-order valence-electron chi connectivity index (χ3n) is 8.41. The molecule has 1 aromatic carbocycles. The summed E-state index contributed by atoms with van der Waals surface area (Å²) in [6, 6.07) is 3.47. The van der Waals surface area contributed by atoms with Crippen LogP contribution < -0.4 is 20.7 Å². The molecule has 4 heterocycles. The van der Waals surface area contributed by atoms with Crippen molar-refractivity contribution in [2.75, 3.05) is 50.2 Å². The first-order valence-electron chi connectivity index (χ1n) is 15.3. The standard InChI is InChI=1S/C31H37F4N9O4/c1-4-42(5-2)30(46)48-17-41-28-25-29(39-15-38-28)44(16-40-25)13-18-9-22(19-10-21(33)24(47-3)11-20(19)32)37-12-23(18)43-8-6-7-31(36,14-43)26(45)27(34)35/h9-12,15-16,26-27,45H,4-8,13-14,17,36H2,1-3H3,(H,38,39,41)/t26-,31-/m1/s1. The summed E-state index contributed by atoms with van der Waals surface area (Å²) in [6.45, 7) is 4.89. The Morgan fingerprint density at radius 2 is 1.92 bits per heavy atom. The number of alkyl halides is 2. The van der Waals surface area contributed by atoms with Crippen LogP contribution in [-0.2, 0) is 11.3 Å². The molecule has 48 heavy (non-hydrogen) atoms. The molecule has 0 saturated carbocycles. The van der Waals surface area contributed by atoms with Crippen LogP contribution >= 0.6 is 0 Å². The largest absolute Gasteiger partial charge is 0.494 e. The number of nitrogens with two attached hydrogens (primary N) is 1. The minimum Gasteiger partial charge on any atom is -0.494 e. The van der Waals surface area contributed by atoms with E-state index < -0.39 is 35.8 Å². The summed E-state index contributed by atoms with van der Waals surface area (Å²) in [5.41, 5.74) is 6.49. The van der Waals surface area contributed by atoms with Crippen molar-refractivity contribution in [2.24, 2.45) is 5.73 Å². The van der Waals surface area contributed by atoms with E-state index >= 15 is 4.39 Å². The molecule has 17 heteroatoms. The Kier molecular flexibility index (Phi) is 10.5. The number of aliphatic hydroxyl groups excluding tert-OH is 1. The number of piperidine rings is 1. The van der Waals surface area contributed by atoms with Gasteiger partial charge in [-0.2, -0.15) is 0 Å². The van der Waals surface area contributed by atoms with Crippen molar-refractivity contribution in [3.63, 3.8) is 0 Å². The SMILES string of the molecule is CCN(CC)C(=O)OCNc1ncnc2c1ncn2Cc1cc(-c2cc(F)c(OC)cc2F)ncc1N1CCC[C@](N)([C@H](O)C(F)F)C1. The number of anilines is 2. The maximum absolute atomic E-state index is 15.1. The number of rotatable bonds is 12. The normalized spacial score (nSPS) is 17.1. The van der Waals surface area contributed by atoms with Crippen molar-refractivity contribution in [1.82, 2.24) is 29.4 Å². The number of aliphatic hydroxyl groups is 1. The van der Waals surface area contributed by atoms with Gasteiger partial charge in [-0.15, -0.1) is 0 Å². The van der Waals surface area contributed by atoms with E-state index in [0.29, 0.717) is 54.3 Å². The molecule has 0 spiro atoms. The number of nitrogens with one attached hydrogen (secondary N) is 1. The fraction of sp³-hybridized carbons (Fsp3) is 0.452. The molecule has 258 valence electrons. The summed E-state index contributed by atoms with van der Waals surface area (Å²) in [5.74, 6) is -1.51. The van der Waals surface area contributed by atoms with Crippen molar-refractivity contribution in [3.8, 4) is 17.0 Å². The third-order valence-corrected chi connectivity index (χ3v) is 8.41. The molecule has 1 fully saturated rings. The number of amides is 1. The van der Waals surface area contributed by atoms with Gasteiger partial charge in [-0.3, -0.25) is 4.98 Å². The molecule has 0 radical (unpaired) electrons. The number of methoxy groups -OCH3 is 1. The molecule has 2 atom stereocenters. The van der Waals surface area contributed by atoms with Crippen molar-refractivity contribution in [1.29, 1.82) is 0 Å². The molecular weight excluding hydrogens is 638 g/mol. The lowest BCUT2D eigenvalue weighted by molar-refractivity contribution is -0.0529. The third kappa shape index (κ3) is 7.06. The van der Waals surface area contributed by atoms with E-state index in [4.69, 9.17) is 15.2 Å². The molecule has 13 nitrogen and oxygen atoms in total. The van der Waals surface area contributed by atoms with E-state index in [2.05, 4.69) is 25.3 Å². The van der Waals surface area contributed by atoms with E-state index in [0.717, 1.165) is 12.1 Å². The summed E-state index contributed by atoms with van der Waals surface area (Å²) in [5, 5.41) is 13.2. The van der Waals surface area contributed by atoms with Gasteiger partial charge in [0.1, 0.15) is 18.2 Å². The first kappa shape index (κ1) is 34.6. The quantitative estimate of drug-likeness (QED) is 0.147. The van der Waals surface area contributed by atoms with Gasteiger partial charge in [-0.05, 0) is 44.4 Å². The van der Waals surface area contributed by atoms with Crippen LogP contribution in [0.1, 0.15) is 32.3 Å². The predicted octanol–water partition coefficient (Wildman–Crippen LogP) is 3.99. The summed E-state index contributed by atoms with van der Waals surface area (Å²) in [4.78, 5) is 32.9. The summed E-state index contributed by atoms with van der Waals surface area (Å²) in [7, 11) is 1.22. The molecule has 1 aliphatic heterocycles. The summed E-state index contributed by atoms with van der Waals surface area (Å²) >= 11 is 0. The van der Waals surface area contributed by atoms with Crippen LogP contribution in [0.2, 0.25) is 0 Å². The molecule has 4 aromatic rings. The number of carbonyl (C=O) groups is 1. The average molecular weight is 676 g/mol. The molecule has 1 saturated heterocycles. The number of ether oxygens (including phenoxy) is 2. The number of hydrogen-bond donors (Lipinski definition) is 3. The van der Waals surface area contributed by atoms with Gasteiger partial charge in [0.2, 0.25) is 0 Å². The zero-order valence-corrected chi connectivity index (χ0v) is 26.7. The molecule has 3 aromatic heterocycles. The Morgan fingerprint density at radius 3 is 2.62 bits per heavy atom. The van der Waals surface area contributed by atoms with Gasteiger partial charge in [0.05, 0.1) is 43.1 Å². The Bertz CT molecular complexity index is 1760. The van der Waals surface area contributed by atoms with Gasteiger partial charge < -0.3 is 40.0 Å². The Labute approximate surface area is 273 Å². The highest BCUT2D eigenvalue weighted by Crippen LogP contribution is 2.35. The topological polar surface area (TPSA) is 157 Å². The molecule has 0 aliphatic carbocycles. The Balaban J connectivity index is 1.50. The smallest absolute Gasteiger partial charge is 0.411 e. The van der Waals surface area contributed by atoms with Crippen LogP contribution in [0.15, 0.2) is 37.1 Å².